The second-order valence-electron chi connectivity index (χ2n) is 4.19. The maximum Gasteiger partial charge on any atom is 0.305 e. The van der Waals surface area contributed by atoms with Crippen molar-refractivity contribution in [3.8, 4) is 0 Å². The summed E-state index contributed by atoms with van der Waals surface area (Å²) in [6.45, 7) is 1.74. The van der Waals surface area contributed by atoms with Gasteiger partial charge in [-0.25, -0.2) is 9.37 Å². The first-order valence-corrected chi connectivity index (χ1v) is 5.76. The summed E-state index contributed by atoms with van der Waals surface area (Å²) in [7, 11) is 0. The van der Waals surface area contributed by atoms with Gasteiger partial charge in [-0.05, 0) is 30.7 Å². The van der Waals surface area contributed by atoms with E-state index in [1.807, 2.05) is 0 Å². The van der Waals surface area contributed by atoms with Crippen molar-refractivity contribution in [2.24, 2.45) is 0 Å². The first-order chi connectivity index (χ1) is 9.90. The second-order valence-corrected chi connectivity index (χ2v) is 4.19. The summed E-state index contributed by atoms with van der Waals surface area (Å²) in [4.78, 5) is 25.3. The molecule has 6 nitrogen and oxygen atoms in total. The summed E-state index contributed by atoms with van der Waals surface area (Å²) >= 11 is 0. The van der Waals surface area contributed by atoms with Crippen LogP contribution in [0, 0.1) is 28.7 Å². The van der Waals surface area contributed by atoms with Gasteiger partial charge < -0.3 is 5.32 Å². The average Bonchev–Trinajstić information content (AvgIpc) is 2.38. The fraction of sp³-hybridized carbons (Fsp3) is 0.0769. The van der Waals surface area contributed by atoms with Crippen molar-refractivity contribution in [1.82, 2.24) is 4.98 Å². The van der Waals surface area contributed by atoms with E-state index in [0.29, 0.717) is 12.1 Å². The van der Waals surface area contributed by atoms with E-state index in [4.69, 9.17) is 0 Å². The van der Waals surface area contributed by atoms with Gasteiger partial charge in [0.15, 0.2) is 0 Å². The van der Waals surface area contributed by atoms with Gasteiger partial charge in [0.25, 0.3) is 5.91 Å². The lowest BCUT2D eigenvalue weighted by molar-refractivity contribution is -0.387. The zero-order valence-corrected chi connectivity index (χ0v) is 10.8. The first kappa shape index (κ1) is 14.5. The normalized spacial score (nSPS) is 10.2. The summed E-state index contributed by atoms with van der Waals surface area (Å²) in [6, 6.07) is 4.49. The summed E-state index contributed by atoms with van der Waals surface area (Å²) < 4.78 is 27.4. The molecule has 21 heavy (non-hydrogen) atoms. The fourth-order valence-electron chi connectivity index (χ4n) is 1.67. The van der Waals surface area contributed by atoms with Crippen LogP contribution in [0.4, 0.5) is 20.3 Å². The number of pyridine rings is 1. The minimum absolute atomic E-state index is 0.0882. The summed E-state index contributed by atoms with van der Waals surface area (Å²) in [5.74, 6) is -3.77. The Morgan fingerprint density at radius 2 is 2.05 bits per heavy atom. The Kier molecular flexibility index (Phi) is 3.88. The highest BCUT2D eigenvalue weighted by molar-refractivity contribution is 6.04. The van der Waals surface area contributed by atoms with Gasteiger partial charge in [0.1, 0.15) is 17.2 Å². The molecule has 0 aliphatic rings. The van der Waals surface area contributed by atoms with Gasteiger partial charge in [0.05, 0.1) is 4.92 Å². The Hall–Kier alpha value is -2.90. The molecule has 2 rings (SSSR count). The minimum Gasteiger partial charge on any atom is -0.306 e. The number of carbonyl (C=O) groups is 1. The van der Waals surface area contributed by atoms with Crippen LogP contribution in [0.2, 0.25) is 0 Å². The molecule has 0 spiro atoms. The topological polar surface area (TPSA) is 85.1 Å². The summed E-state index contributed by atoms with van der Waals surface area (Å²) in [5, 5.41) is 12.8. The van der Waals surface area contributed by atoms with Gasteiger partial charge in [0, 0.05) is 12.3 Å². The number of aromatic nitrogens is 1. The number of hydrogen-bond donors (Lipinski definition) is 1. The summed E-state index contributed by atoms with van der Waals surface area (Å²) in [6.07, 6.45) is 1.41. The van der Waals surface area contributed by atoms with E-state index in [1.54, 1.807) is 13.0 Å². The number of nitro groups is 1. The summed E-state index contributed by atoms with van der Waals surface area (Å²) in [5.41, 5.74) is -1.22. The Morgan fingerprint density at radius 1 is 1.33 bits per heavy atom. The number of nitrogens with one attached hydrogen (secondary N) is 1. The standard InChI is InChI=1S/C13H9F2N3O3/c1-7-4-5-16-10(6-7)17-13(19)11-8(14)2-3-9(12(11)15)18(20)21/h2-6H,1H3,(H,16,17,19). The molecule has 108 valence electrons. The van der Waals surface area contributed by atoms with E-state index < -0.39 is 33.7 Å². The predicted octanol–water partition coefficient (Wildman–Crippen LogP) is 2.83. The number of nitro benzene ring substituents is 1. The van der Waals surface area contributed by atoms with Gasteiger partial charge in [-0.1, -0.05) is 0 Å². The molecule has 0 fully saturated rings. The Morgan fingerprint density at radius 3 is 2.67 bits per heavy atom. The van der Waals surface area contributed by atoms with Crippen LogP contribution < -0.4 is 5.32 Å². The zero-order chi connectivity index (χ0) is 15.6. The van der Waals surface area contributed by atoms with E-state index in [0.717, 1.165) is 5.56 Å². The average molecular weight is 293 g/mol. The molecule has 0 radical (unpaired) electrons. The number of anilines is 1. The molecule has 0 unspecified atom stereocenters. The number of aryl methyl sites for hydroxylation is 1. The van der Waals surface area contributed by atoms with Crippen LogP contribution in [0.15, 0.2) is 30.5 Å². The number of nitrogens with zero attached hydrogens (tertiary/aromatic N) is 2. The molecule has 1 N–H and O–H groups in total. The predicted molar refractivity (Wildman–Crippen MR) is 69.9 cm³/mol. The molecule has 2 aromatic rings. The third-order valence-electron chi connectivity index (χ3n) is 2.65. The number of rotatable bonds is 3. The Balaban J connectivity index is 2.39. The van der Waals surface area contributed by atoms with E-state index >= 15 is 0 Å². The van der Waals surface area contributed by atoms with Gasteiger partial charge in [-0.15, -0.1) is 0 Å². The molecule has 0 aliphatic heterocycles. The van der Waals surface area contributed by atoms with Crippen LogP contribution >= 0.6 is 0 Å². The molecule has 1 aromatic carbocycles. The van der Waals surface area contributed by atoms with Crippen LogP contribution in [0.5, 0.6) is 0 Å². The lowest BCUT2D eigenvalue weighted by atomic mass is 10.1. The van der Waals surface area contributed by atoms with Crippen LogP contribution in [-0.4, -0.2) is 15.8 Å². The monoisotopic (exact) mass is 293 g/mol. The molecule has 8 heteroatoms. The smallest absolute Gasteiger partial charge is 0.305 e. The van der Waals surface area contributed by atoms with Crippen LogP contribution in [0.25, 0.3) is 0 Å². The molecule has 1 aromatic heterocycles. The fourth-order valence-corrected chi connectivity index (χ4v) is 1.67. The maximum absolute atomic E-state index is 13.9. The molecule has 1 heterocycles. The van der Waals surface area contributed by atoms with Crippen LogP contribution in [0.3, 0.4) is 0 Å². The highest BCUT2D eigenvalue weighted by Gasteiger charge is 2.26. The van der Waals surface area contributed by atoms with Crippen molar-refractivity contribution in [1.29, 1.82) is 0 Å². The molecule has 0 atom stereocenters. The van der Waals surface area contributed by atoms with E-state index in [9.17, 15) is 23.7 Å². The van der Waals surface area contributed by atoms with E-state index in [2.05, 4.69) is 10.3 Å². The Bertz CT molecular complexity index is 735. The first-order valence-electron chi connectivity index (χ1n) is 5.76. The zero-order valence-electron chi connectivity index (χ0n) is 10.8. The third-order valence-corrected chi connectivity index (χ3v) is 2.65. The largest absolute Gasteiger partial charge is 0.306 e. The molecule has 0 saturated heterocycles. The number of amides is 1. The molecule has 1 amide bonds. The van der Waals surface area contributed by atoms with Crippen LogP contribution in [-0.2, 0) is 0 Å². The maximum atomic E-state index is 13.9. The van der Waals surface area contributed by atoms with E-state index in [-0.39, 0.29) is 5.82 Å². The van der Waals surface area contributed by atoms with Crippen molar-refractivity contribution < 1.29 is 18.5 Å². The quantitative estimate of drug-likeness (QED) is 0.696. The van der Waals surface area contributed by atoms with Gasteiger partial charge in [-0.3, -0.25) is 14.9 Å². The second kappa shape index (κ2) is 5.61. The van der Waals surface area contributed by atoms with Crippen molar-refractivity contribution in [3.05, 3.63) is 63.3 Å². The van der Waals surface area contributed by atoms with Gasteiger partial charge in [0.2, 0.25) is 5.82 Å². The highest BCUT2D eigenvalue weighted by Crippen LogP contribution is 2.23. The SMILES string of the molecule is Cc1ccnc(NC(=O)c2c(F)ccc([N+](=O)[O-])c2F)c1. The molecular formula is C13H9F2N3O3. The lowest BCUT2D eigenvalue weighted by Gasteiger charge is -2.07. The molecule has 0 bridgehead atoms. The third kappa shape index (κ3) is 2.99. The highest BCUT2D eigenvalue weighted by atomic mass is 19.1. The lowest BCUT2D eigenvalue weighted by Crippen LogP contribution is -2.17. The molecule has 0 aliphatic carbocycles. The Labute approximate surface area is 117 Å². The number of hydrogen-bond acceptors (Lipinski definition) is 4. The minimum atomic E-state index is -1.52. The number of carbonyl (C=O) groups excluding carboxylic acids is 1. The van der Waals surface area contributed by atoms with Crippen molar-refractivity contribution in [2.75, 3.05) is 5.32 Å². The molecule has 0 saturated carbocycles. The van der Waals surface area contributed by atoms with Crippen molar-refractivity contribution in [2.45, 2.75) is 6.92 Å². The molecular weight excluding hydrogens is 284 g/mol. The number of benzene rings is 1. The van der Waals surface area contributed by atoms with Crippen molar-refractivity contribution in [3.63, 3.8) is 0 Å². The van der Waals surface area contributed by atoms with E-state index in [1.165, 1.54) is 12.3 Å². The van der Waals surface area contributed by atoms with Gasteiger partial charge in [-0.2, -0.15) is 4.39 Å². The van der Waals surface area contributed by atoms with Crippen molar-refractivity contribution >= 4 is 17.4 Å². The van der Waals surface area contributed by atoms with Gasteiger partial charge >= 0.3 is 5.69 Å². The van der Waals surface area contributed by atoms with Crippen LogP contribution in [0.1, 0.15) is 15.9 Å². The number of halogens is 2.